The summed E-state index contributed by atoms with van der Waals surface area (Å²) in [6.07, 6.45) is 5.94. The van der Waals surface area contributed by atoms with Crippen molar-refractivity contribution in [3.8, 4) is 0 Å². The second kappa shape index (κ2) is 16.2. The number of hydrogen-bond donors (Lipinski definition) is 3. The molecule has 0 aromatic carbocycles. The zero-order valence-electron chi connectivity index (χ0n) is 29.3. The van der Waals surface area contributed by atoms with E-state index in [2.05, 4.69) is 29.4 Å². The third-order valence-corrected chi connectivity index (χ3v) is 9.29. The van der Waals surface area contributed by atoms with Crippen molar-refractivity contribution in [3.63, 3.8) is 0 Å². The van der Waals surface area contributed by atoms with Crippen LogP contribution in [0.3, 0.4) is 0 Å². The predicted molar refractivity (Wildman–Crippen MR) is 175 cm³/mol. The Morgan fingerprint density at radius 2 is 1.48 bits per heavy atom. The summed E-state index contributed by atoms with van der Waals surface area (Å²) in [5, 5.41) is 15.7. The van der Waals surface area contributed by atoms with Crippen LogP contribution in [0.2, 0.25) is 0 Å². The van der Waals surface area contributed by atoms with E-state index in [4.69, 9.17) is 0 Å². The molecule has 0 spiro atoms. The van der Waals surface area contributed by atoms with Gasteiger partial charge in [-0.2, -0.15) is 0 Å². The minimum Gasteiger partial charge on any atom is -0.394 e. The number of carbonyl (C=O) groups is 4. The summed E-state index contributed by atoms with van der Waals surface area (Å²) in [5.74, 6) is -0.730. The molecule has 2 aliphatic heterocycles. The summed E-state index contributed by atoms with van der Waals surface area (Å²) in [6, 6.07) is -2.13. The summed E-state index contributed by atoms with van der Waals surface area (Å²) < 4.78 is 0. The predicted octanol–water partition coefficient (Wildman–Crippen LogP) is 3.33. The normalized spacial score (nSPS) is 22.2. The second-order valence-corrected chi connectivity index (χ2v) is 14.9. The number of hydrogen-bond acceptors (Lipinski definition) is 6. The SMILES string of the molecule is CC(=CC(C(C)C)N(C)C(=O)[C@@H](NC(=O)[C@H]1CCCCN1C(C)C)C(C)(C)C)C(=O)N1CCC[C@H]1C(=O)N[C@H](CO)C(C)C. The fraction of sp³-hybridized carbons (Fsp3) is 0.824. The number of carbonyl (C=O) groups excluding carboxylic acids is 4. The van der Waals surface area contributed by atoms with Crippen LogP contribution < -0.4 is 10.6 Å². The third-order valence-electron chi connectivity index (χ3n) is 9.29. The number of aliphatic hydroxyl groups is 1. The van der Waals surface area contributed by atoms with Crippen LogP contribution in [0.25, 0.3) is 0 Å². The first-order chi connectivity index (χ1) is 20.4. The van der Waals surface area contributed by atoms with Gasteiger partial charge >= 0.3 is 0 Å². The van der Waals surface area contributed by atoms with Crippen molar-refractivity contribution in [2.24, 2.45) is 17.3 Å². The average Bonchev–Trinajstić information content (AvgIpc) is 3.45. The number of amides is 4. The van der Waals surface area contributed by atoms with Crippen molar-refractivity contribution in [1.29, 1.82) is 0 Å². The number of nitrogens with one attached hydrogen (secondary N) is 2. The van der Waals surface area contributed by atoms with Crippen LogP contribution in [-0.2, 0) is 19.2 Å². The van der Waals surface area contributed by atoms with Gasteiger partial charge in [-0.15, -0.1) is 0 Å². The highest BCUT2D eigenvalue weighted by molar-refractivity contribution is 5.97. The molecule has 10 nitrogen and oxygen atoms in total. The average molecular weight is 620 g/mol. The van der Waals surface area contributed by atoms with Crippen molar-refractivity contribution in [2.75, 3.05) is 26.7 Å². The van der Waals surface area contributed by atoms with Crippen LogP contribution in [0.1, 0.15) is 101 Å². The number of rotatable bonds is 12. The van der Waals surface area contributed by atoms with E-state index in [9.17, 15) is 24.3 Å². The number of likely N-dealkylation sites (N-methyl/N-ethyl adjacent to an activating group) is 1. The van der Waals surface area contributed by atoms with Crippen molar-refractivity contribution < 1.29 is 24.3 Å². The molecular formula is C34H61N5O5. The standard InChI is InChI=1S/C34H61N5O5/c1-21(2)25(20-40)35-30(41)27-16-14-18-39(27)32(43)24(7)19-28(22(3)4)37(11)33(44)29(34(8,9)10)36-31(42)26-15-12-13-17-38(26)23(5)6/h19,21-23,25-29,40H,12-18,20H2,1-11H3,(H,35,41)(H,36,42)/t25-,26-,27+,28?,29-/m1/s1. The van der Waals surface area contributed by atoms with Crippen LogP contribution in [-0.4, -0.2) is 106 Å². The van der Waals surface area contributed by atoms with Crippen molar-refractivity contribution in [1.82, 2.24) is 25.3 Å². The molecule has 44 heavy (non-hydrogen) atoms. The van der Waals surface area contributed by atoms with Crippen LogP contribution in [0.5, 0.6) is 0 Å². The Balaban J connectivity index is 2.26. The van der Waals surface area contributed by atoms with E-state index >= 15 is 0 Å². The van der Waals surface area contributed by atoms with Gasteiger partial charge in [-0.1, -0.05) is 61.0 Å². The molecule has 0 saturated carbocycles. The molecule has 2 saturated heterocycles. The zero-order valence-corrected chi connectivity index (χ0v) is 29.3. The minimum atomic E-state index is -0.742. The molecule has 3 N–H and O–H groups in total. The van der Waals surface area contributed by atoms with Crippen molar-refractivity contribution >= 4 is 23.6 Å². The van der Waals surface area contributed by atoms with E-state index in [1.54, 1.807) is 23.8 Å². The Morgan fingerprint density at radius 3 is 2.00 bits per heavy atom. The Labute approximate surface area is 266 Å². The number of nitrogens with zero attached hydrogens (tertiary/aromatic N) is 3. The van der Waals surface area contributed by atoms with Gasteiger partial charge in [0.1, 0.15) is 12.1 Å². The first-order valence-corrected chi connectivity index (χ1v) is 16.7. The van der Waals surface area contributed by atoms with Crippen LogP contribution in [0.4, 0.5) is 0 Å². The molecule has 0 bridgehead atoms. The molecule has 2 heterocycles. The molecule has 1 unspecified atom stereocenters. The summed E-state index contributed by atoms with van der Waals surface area (Å²) in [7, 11) is 1.74. The smallest absolute Gasteiger partial charge is 0.249 e. The quantitative estimate of drug-likeness (QED) is 0.288. The Bertz CT molecular complexity index is 1030. The van der Waals surface area contributed by atoms with Gasteiger partial charge in [0.25, 0.3) is 0 Å². The van der Waals surface area contributed by atoms with Crippen LogP contribution >= 0.6 is 0 Å². The highest BCUT2D eigenvalue weighted by Gasteiger charge is 2.40. The van der Waals surface area contributed by atoms with Gasteiger partial charge in [0, 0.05) is 25.2 Å². The maximum Gasteiger partial charge on any atom is 0.249 e. The van der Waals surface area contributed by atoms with Gasteiger partial charge in [-0.25, -0.2) is 0 Å². The molecule has 5 atom stereocenters. The van der Waals surface area contributed by atoms with E-state index < -0.39 is 23.5 Å². The topological polar surface area (TPSA) is 122 Å². The van der Waals surface area contributed by atoms with Crippen LogP contribution in [0, 0.1) is 17.3 Å². The lowest BCUT2D eigenvalue weighted by atomic mass is 9.84. The highest BCUT2D eigenvalue weighted by atomic mass is 16.3. The van der Waals surface area contributed by atoms with Gasteiger partial charge in [-0.3, -0.25) is 24.1 Å². The molecule has 0 aromatic rings. The number of piperidine rings is 1. The third kappa shape index (κ3) is 9.52. The maximum absolute atomic E-state index is 14.1. The largest absolute Gasteiger partial charge is 0.394 e. The number of aliphatic hydroxyl groups excluding tert-OH is 1. The Hall–Kier alpha value is -2.46. The maximum atomic E-state index is 14.1. The molecule has 10 heteroatoms. The first kappa shape index (κ1) is 37.7. The van der Waals surface area contributed by atoms with Crippen molar-refractivity contribution in [2.45, 2.75) is 138 Å². The molecule has 0 aliphatic carbocycles. The molecule has 0 aromatic heterocycles. The summed E-state index contributed by atoms with van der Waals surface area (Å²) in [5.41, 5.74) is -0.0655. The zero-order chi connectivity index (χ0) is 33.5. The van der Waals surface area contributed by atoms with Gasteiger partial charge in [0.05, 0.1) is 24.7 Å². The van der Waals surface area contributed by atoms with Gasteiger partial charge in [0.15, 0.2) is 0 Å². The fourth-order valence-electron chi connectivity index (χ4n) is 6.38. The van der Waals surface area contributed by atoms with E-state index in [1.165, 1.54) is 0 Å². The van der Waals surface area contributed by atoms with Crippen LogP contribution in [0.15, 0.2) is 11.6 Å². The van der Waals surface area contributed by atoms with Gasteiger partial charge in [0.2, 0.25) is 23.6 Å². The molecule has 2 fully saturated rings. The van der Waals surface area contributed by atoms with E-state index in [0.717, 1.165) is 32.2 Å². The lowest BCUT2D eigenvalue weighted by Crippen LogP contribution is -2.60. The van der Waals surface area contributed by atoms with E-state index in [0.29, 0.717) is 18.5 Å². The van der Waals surface area contributed by atoms with Gasteiger partial charge < -0.3 is 25.5 Å². The highest BCUT2D eigenvalue weighted by Crippen LogP contribution is 2.27. The van der Waals surface area contributed by atoms with Gasteiger partial charge in [-0.05, 0) is 70.3 Å². The molecule has 0 radical (unpaired) electrons. The molecular weight excluding hydrogens is 558 g/mol. The summed E-state index contributed by atoms with van der Waals surface area (Å²) >= 11 is 0. The van der Waals surface area contributed by atoms with E-state index in [1.807, 2.05) is 54.5 Å². The lowest BCUT2D eigenvalue weighted by molar-refractivity contribution is -0.142. The first-order valence-electron chi connectivity index (χ1n) is 16.7. The molecule has 2 rings (SSSR count). The lowest BCUT2D eigenvalue weighted by Gasteiger charge is -2.41. The van der Waals surface area contributed by atoms with Crippen molar-refractivity contribution in [3.05, 3.63) is 11.6 Å². The Morgan fingerprint density at radius 1 is 0.886 bits per heavy atom. The molecule has 252 valence electrons. The second-order valence-electron chi connectivity index (χ2n) is 14.9. The summed E-state index contributed by atoms with van der Waals surface area (Å²) in [6.45, 7) is 20.9. The van der Waals surface area contributed by atoms with E-state index in [-0.39, 0.29) is 60.2 Å². The molecule has 2 aliphatic rings. The summed E-state index contributed by atoms with van der Waals surface area (Å²) in [4.78, 5) is 59.9. The molecule has 4 amide bonds. The minimum absolute atomic E-state index is 0.00757. The monoisotopic (exact) mass is 619 g/mol. The number of likely N-dealkylation sites (tertiary alicyclic amines) is 2. The fourth-order valence-corrected chi connectivity index (χ4v) is 6.38. The Kier molecular flexibility index (Phi) is 13.9.